The van der Waals surface area contributed by atoms with Gasteiger partial charge in [-0.15, -0.1) is 0 Å². The zero-order valence-electron chi connectivity index (χ0n) is 15.5. The van der Waals surface area contributed by atoms with Gasteiger partial charge >= 0.3 is 5.97 Å². The van der Waals surface area contributed by atoms with Crippen LogP contribution in [0.1, 0.15) is 18.9 Å². The molecule has 2 amide bonds. The third kappa shape index (κ3) is 5.09. The number of carbonyl (C=O) groups is 3. The Morgan fingerprint density at radius 1 is 1.14 bits per heavy atom. The lowest BCUT2D eigenvalue weighted by Gasteiger charge is -2.25. The summed E-state index contributed by atoms with van der Waals surface area (Å²) in [4.78, 5) is 36.3. The normalized spacial score (nSPS) is 16.2. The Morgan fingerprint density at radius 2 is 1.86 bits per heavy atom. The standard InChI is InChI=1S/C21H22N2O5/c1-14(20(25)22-12-11-15-7-3-2-4-8-15)27-19(24)13-18-21(26)23-16-9-5-6-10-17(16)28-18/h2-10,14,18H,11-13H2,1H3,(H,22,25)(H,23,26)/t14-,18-/m1/s1. The molecule has 0 saturated carbocycles. The van der Waals surface area contributed by atoms with Crippen LogP contribution in [-0.4, -0.2) is 36.5 Å². The molecular formula is C21H22N2O5. The van der Waals surface area contributed by atoms with Gasteiger partial charge < -0.3 is 20.1 Å². The van der Waals surface area contributed by atoms with Crippen molar-refractivity contribution in [3.8, 4) is 5.75 Å². The first kappa shape index (κ1) is 19.4. The van der Waals surface area contributed by atoms with Gasteiger partial charge in [0.15, 0.2) is 12.2 Å². The van der Waals surface area contributed by atoms with Gasteiger partial charge in [0.1, 0.15) is 5.75 Å². The average Bonchev–Trinajstić information content (AvgIpc) is 2.69. The summed E-state index contributed by atoms with van der Waals surface area (Å²) >= 11 is 0. The first-order valence-corrected chi connectivity index (χ1v) is 9.10. The van der Waals surface area contributed by atoms with E-state index in [0.717, 1.165) is 5.56 Å². The highest BCUT2D eigenvalue weighted by Gasteiger charge is 2.31. The maximum absolute atomic E-state index is 12.1. The zero-order chi connectivity index (χ0) is 19.9. The summed E-state index contributed by atoms with van der Waals surface area (Å²) in [5, 5.41) is 5.42. The molecule has 1 aliphatic rings. The Morgan fingerprint density at radius 3 is 2.64 bits per heavy atom. The number of nitrogens with one attached hydrogen (secondary N) is 2. The maximum Gasteiger partial charge on any atom is 0.310 e. The Kier molecular flexibility index (Phi) is 6.26. The van der Waals surface area contributed by atoms with E-state index in [-0.39, 0.29) is 12.3 Å². The van der Waals surface area contributed by atoms with Crippen molar-refractivity contribution in [2.24, 2.45) is 0 Å². The molecule has 28 heavy (non-hydrogen) atoms. The topological polar surface area (TPSA) is 93.7 Å². The fourth-order valence-corrected chi connectivity index (χ4v) is 2.80. The number of ether oxygens (including phenoxy) is 2. The minimum absolute atomic E-state index is 0.276. The Bertz CT molecular complexity index is 853. The molecule has 1 heterocycles. The number of anilines is 1. The number of hydrogen-bond donors (Lipinski definition) is 2. The summed E-state index contributed by atoms with van der Waals surface area (Å²) in [5.74, 6) is -0.990. The molecule has 0 unspecified atom stereocenters. The van der Waals surface area contributed by atoms with E-state index >= 15 is 0 Å². The van der Waals surface area contributed by atoms with Gasteiger partial charge in [-0.25, -0.2) is 0 Å². The smallest absolute Gasteiger partial charge is 0.310 e. The molecule has 2 aromatic rings. The van der Waals surface area contributed by atoms with Crippen LogP contribution in [0.15, 0.2) is 54.6 Å². The van der Waals surface area contributed by atoms with Crippen LogP contribution in [0.25, 0.3) is 0 Å². The predicted molar refractivity (Wildman–Crippen MR) is 103 cm³/mol. The van der Waals surface area contributed by atoms with Gasteiger partial charge in [-0.1, -0.05) is 42.5 Å². The second-order valence-corrected chi connectivity index (χ2v) is 6.45. The van der Waals surface area contributed by atoms with Gasteiger partial charge in [0.05, 0.1) is 12.1 Å². The van der Waals surface area contributed by atoms with Crippen molar-refractivity contribution in [2.75, 3.05) is 11.9 Å². The molecule has 1 aliphatic heterocycles. The van der Waals surface area contributed by atoms with Gasteiger partial charge in [0, 0.05) is 6.54 Å². The number of para-hydroxylation sites is 2. The number of carbonyl (C=O) groups excluding carboxylic acids is 3. The van der Waals surface area contributed by atoms with Crippen LogP contribution in [0.3, 0.4) is 0 Å². The molecule has 3 rings (SSSR count). The minimum Gasteiger partial charge on any atom is -0.478 e. The molecule has 2 atom stereocenters. The van der Waals surface area contributed by atoms with Gasteiger partial charge in [0.2, 0.25) is 0 Å². The summed E-state index contributed by atoms with van der Waals surface area (Å²) in [5.41, 5.74) is 1.66. The molecule has 2 aromatic carbocycles. The van der Waals surface area contributed by atoms with Crippen LogP contribution in [0.4, 0.5) is 5.69 Å². The molecule has 0 aliphatic carbocycles. The zero-order valence-corrected chi connectivity index (χ0v) is 15.5. The quantitative estimate of drug-likeness (QED) is 0.715. The third-order valence-electron chi connectivity index (χ3n) is 4.29. The number of amides is 2. The Balaban J connectivity index is 1.43. The molecular weight excluding hydrogens is 360 g/mol. The second-order valence-electron chi connectivity index (χ2n) is 6.45. The van der Waals surface area contributed by atoms with Crippen LogP contribution >= 0.6 is 0 Å². The lowest BCUT2D eigenvalue weighted by molar-refractivity contribution is -0.157. The predicted octanol–water partition coefficient (Wildman–Crippen LogP) is 2.07. The second kappa shape index (κ2) is 9.03. The first-order chi connectivity index (χ1) is 13.5. The average molecular weight is 382 g/mol. The number of hydrogen-bond acceptors (Lipinski definition) is 5. The highest BCUT2D eigenvalue weighted by atomic mass is 16.6. The highest BCUT2D eigenvalue weighted by Crippen LogP contribution is 2.29. The van der Waals surface area contributed by atoms with E-state index in [9.17, 15) is 14.4 Å². The third-order valence-corrected chi connectivity index (χ3v) is 4.29. The lowest BCUT2D eigenvalue weighted by Crippen LogP contribution is -2.41. The maximum atomic E-state index is 12.1. The number of fused-ring (bicyclic) bond motifs is 1. The first-order valence-electron chi connectivity index (χ1n) is 9.10. The van der Waals surface area contributed by atoms with Crippen LogP contribution in [0.5, 0.6) is 5.75 Å². The van der Waals surface area contributed by atoms with Crippen LogP contribution in [0.2, 0.25) is 0 Å². The molecule has 0 spiro atoms. The van der Waals surface area contributed by atoms with Crippen molar-refractivity contribution < 1.29 is 23.9 Å². The van der Waals surface area contributed by atoms with Crippen molar-refractivity contribution in [1.82, 2.24) is 5.32 Å². The SMILES string of the molecule is C[C@@H](OC(=O)C[C@H]1Oc2ccccc2NC1=O)C(=O)NCCc1ccccc1. The van der Waals surface area contributed by atoms with Crippen molar-refractivity contribution in [3.05, 3.63) is 60.2 Å². The van der Waals surface area contributed by atoms with E-state index in [2.05, 4.69) is 10.6 Å². The number of rotatable bonds is 7. The van der Waals surface area contributed by atoms with Crippen LogP contribution < -0.4 is 15.4 Å². The molecule has 2 N–H and O–H groups in total. The van der Waals surface area contributed by atoms with Gasteiger partial charge in [-0.05, 0) is 31.0 Å². The van der Waals surface area contributed by atoms with E-state index in [1.165, 1.54) is 6.92 Å². The van der Waals surface area contributed by atoms with E-state index in [1.54, 1.807) is 24.3 Å². The molecule has 146 valence electrons. The summed E-state index contributed by atoms with van der Waals surface area (Å²) in [6, 6.07) is 16.7. The van der Waals surface area contributed by atoms with Crippen molar-refractivity contribution in [1.29, 1.82) is 0 Å². The fourth-order valence-electron chi connectivity index (χ4n) is 2.80. The van der Waals surface area contributed by atoms with Crippen molar-refractivity contribution in [2.45, 2.75) is 32.0 Å². The summed E-state index contributed by atoms with van der Waals surface area (Å²) in [7, 11) is 0. The number of benzene rings is 2. The molecule has 7 heteroatoms. The van der Waals surface area contributed by atoms with Crippen molar-refractivity contribution in [3.63, 3.8) is 0 Å². The van der Waals surface area contributed by atoms with Crippen LogP contribution in [0, 0.1) is 0 Å². The molecule has 0 aromatic heterocycles. The number of esters is 1. The van der Waals surface area contributed by atoms with E-state index in [4.69, 9.17) is 9.47 Å². The highest BCUT2D eigenvalue weighted by molar-refractivity contribution is 5.99. The van der Waals surface area contributed by atoms with Gasteiger partial charge in [-0.2, -0.15) is 0 Å². The lowest BCUT2D eigenvalue weighted by atomic mass is 10.1. The van der Waals surface area contributed by atoms with Crippen LogP contribution in [-0.2, 0) is 25.5 Å². The fraction of sp³-hybridized carbons (Fsp3) is 0.286. The molecule has 0 saturated heterocycles. The largest absolute Gasteiger partial charge is 0.478 e. The minimum atomic E-state index is -0.990. The summed E-state index contributed by atoms with van der Waals surface area (Å²) < 4.78 is 10.7. The summed E-state index contributed by atoms with van der Waals surface area (Å²) in [6.07, 6.45) is -1.54. The van der Waals surface area contributed by atoms with E-state index in [0.29, 0.717) is 24.4 Å². The molecule has 7 nitrogen and oxygen atoms in total. The monoisotopic (exact) mass is 382 g/mol. The van der Waals surface area contributed by atoms with Crippen molar-refractivity contribution >= 4 is 23.5 Å². The van der Waals surface area contributed by atoms with E-state index < -0.39 is 24.1 Å². The molecule has 0 fully saturated rings. The summed E-state index contributed by atoms with van der Waals surface area (Å²) in [6.45, 7) is 1.93. The Labute approximate surface area is 163 Å². The van der Waals surface area contributed by atoms with Gasteiger partial charge in [-0.3, -0.25) is 14.4 Å². The van der Waals surface area contributed by atoms with E-state index in [1.807, 2.05) is 30.3 Å². The molecule has 0 radical (unpaired) electrons. The molecule has 0 bridgehead atoms. The Hall–Kier alpha value is -3.35. The van der Waals surface area contributed by atoms with Gasteiger partial charge in [0.25, 0.3) is 11.8 Å².